The molecule has 2 aromatic rings. The second-order valence-corrected chi connectivity index (χ2v) is 7.03. The number of alkyl halides is 3. The zero-order valence-electron chi connectivity index (χ0n) is 16.1. The van der Waals surface area contributed by atoms with Crippen molar-refractivity contribution in [3.63, 3.8) is 0 Å². The smallest absolute Gasteiger partial charge is 0.475 e. The monoisotopic (exact) mass is 460 g/mol. The molecule has 1 heterocycles. The van der Waals surface area contributed by atoms with E-state index in [1.165, 1.54) is 0 Å². The largest absolute Gasteiger partial charge is 0.490 e. The van der Waals surface area contributed by atoms with Crippen LogP contribution in [0.5, 0.6) is 11.5 Å². The molecule has 0 bridgehead atoms. The van der Waals surface area contributed by atoms with Crippen LogP contribution in [0.3, 0.4) is 0 Å². The molecule has 1 atom stereocenters. The fourth-order valence-corrected chi connectivity index (χ4v) is 2.62. The molecular formula is C20H20ClF3N2O5. The molecule has 1 unspecified atom stereocenters. The van der Waals surface area contributed by atoms with Gasteiger partial charge in [-0.1, -0.05) is 35.9 Å². The normalized spacial score (nSPS) is 18.0. The predicted octanol–water partition coefficient (Wildman–Crippen LogP) is 3.50. The number of hydrogen-bond donors (Lipinski definition) is 3. The maximum absolute atomic E-state index is 12.1. The van der Waals surface area contributed by atoms with Gasteiger partial charge in [0.05, 0.1) is 11.6 Å². The van der Waals surface area contributed by atoms with Gasteiger partial charge in [0.15, 0.2) is 0 Å². The maximum Gasteiger partial charge on any atom is 0.490 e. The number of nitrogens with one attached hydrogen (secondary N) is 1. The molecule has 1 aliphatic heterocycles. The average Bonchev–Trinajstić information content (AvgIpc) is 3.16. The molecular weight excluding hydrogens is 441 g/mol. The highest BCUT2D eigenvalue weighted by atomic mass is 35.5. The lowest BCUT2D eigenvalue weighted by atomic mass is 9.99. The van der Waals surface area contributed by atoms with E-state index in [0.717, 1.165) is 5.56 Å². The summed E-state index contributed by atoms with van der Waals surface area (Å²) in [6.45, 7) is 1.20. The average molecular weight is 461 g/mol. The van der Waals surface area contributed by atoms with Crippen molar-refractivity contribution in [2.75, 3.05) is 13.2 Å². The number of carbonyl (C=O) groups is 2. The summed E-state index contributed by atoms with van der Waals surface area (Å²) in [4.78, 5) is 21.0. The van der Waals surface area contributed by atoms with Crippen molar-refractivity contribution >= 4 is 23.5 Å². The van der Waals surface area contributed by atoms with Gasteiger partial charge >= 0.3 is 12.1 Å². The van der Waals surface area contributed by atoms with Crippen molar-refractivity contribution in [2.24, 2.45) is 5.73 Å². The van der Waals surface area contributed by atoms with Crippen LogP contribution in [0, 0.1) is 0 Å². The van der Waals surface area contributed by atoms with Crippen LogP contribution in [0.4, 0.5) is 13.2 Å². The van der Waals surface area contributed by atoms with E-state index in [1.54, 1.807) is 12.1 Å². The zero-order chi connectivity index (χ0) is 23.1. The van der Waals surface area contributed by atoms with Crippen molar-refractivity contribution in [1.82, 2.24) is 5.32 Å². The van der Waals surface area contributed by atoms with E-state index in [2.05, 4.69) is 5.32 Å². The third-order valence-electron chi connectivity index (χ3n) is 4.19. The number of ether oxygens (including phenoxy) is 2. The number of hydrogen-bond acceptors (Lipinski definition) is 5. The van der Waals surface area contributed by atoms with Crippen LogP contribution >= 0.6 is 11.6 Å². The molecule has 1 amide bonds. The Hall–Kier alpha value is -2.82. The number of benzene rings is 2. The van der Waals surface area contributed by atoms with E-state index in [1.807, 2.05) is 36.4 Å². The fraction of sp³-hybridized carbons (Fsp3) is 0.300. The minimum absolute atomic E-state index is 0.184. The Morgan fingerprint density at radius 1 is 1.19 bits per heavy atom. The van der Waals surface area contributed by atoms with Crippen LogP contribution < -0.4 is 15.8 Å². The molecule has 1 fully saturated rings. The molecule has 11 heteroatoms. The SMILES string of the molecule is NC1(C(=O)NCc2ccc(Oc3ccccc3Cl)cc2)CCOC1.O=C(O)C(F)(F)F. The first-order valence-corrected chi connectivity index (χ1v) is 9.35. The van der Waals surface area contributed by atoms with Gasteiger partial charge in [-0.05, 0) is 36.2 Å². The first kappa shape index (κ1) is 24.4. The first-order valence-electron chi connectivity index (χ1n) is 8.97. The van der Waals surface area contributed by atoms with Crippen LogP contribution in [0.25, 0.3) is 0 Å². The number of carboxylic acid groups (broad SMARTS) is 1. The summed E-state index contributed by atoms with van der Waals surface area (Å²) in [5.41, 5.74) is 6.07. The zero-order valence-corrected chi connectivity index (χ0v) is 16.9. The third-order valence-corrected chi connectivity index (χ3v) is 4.50. The number of aliphatic carboxylic acids is 1. The van der Waals surface area contributed by atoms with E-state index in [0.29, 0.717) is 36.1 Å². The van der Waals surface area contributed by atoms with Gasteiger partial charge in [-0.2, -0.15) is 13.2 Å². The van der Waals surface area contributed by atoms with Crippen LogP contribution in [-0.2, 0) is 20.9 Å². The highest BCUT2D eigenvalue weighted by Gasteiger charge is 2.38. The summed E-state index contributed by atoms with van der Waals surface area (Å²) in [5, 5.41) is 10.5. The molecule has 3 rings (SSSR count). The quantitative estimate of drug-likeness (QED) is 0.630. The van der Waals surface area contributed by atoms with Crippen LogP contribution in [0.2, 0.25) is 5.02 Å². The standard InChI is InChI=1S/C18H19ClN2O3.C2HF3O2/c19-15-3-1-2-4-16(15)24-14-7-5-13(6-8-14)11-21-17(22)18(20)9-10-23-12-18;3-2(4,5)1(6)7/h1-8H,9-12,20H2,(H,21,22);(H,6,7). The highest BCUT2D eigenvalue weighted by molar-refractivity contribution is 6.32. The topological polar surface area (TPSA) is 111 Å². The van der Waals surface area contributed by atoms with E-state index >= 15 is 0 Å². The van der Waals surface area contributed by atoms with Crippen LogP contribution in [0.15, 0.2) is 48.5 Å². The lowest BCUT2D eigenvalue weighted by molar-refractivity contribution is -0.192. The molecule has 31 heavy (non-hydrogen) atoms. The number of carbonyl (C=O) groups excluding carboxylic acids is 1. The van der Waals surface area contributed by atoms with Gasteiger partial charge in [-0.15, -0.1) is 0 Å². The van der Waals surface area contributed by atoms with Crippen molar-refractivity contribution in [3.05, 3.63) is 59.1 Å². The second kappa shape index (κ2) is 10.5. The van der Waals surface area contributed by atoms with Gasteiger partial charge in [-0.25, -0.2) is 4.79 Å². The van der Waals surface area contributed by atoms with Gasteiger partial charge in [0.2, 0.25) is 5.91 Å². The van der Waals surface area contributed by atoms with E-state index in [-0.39, 0.29) is 12.5 Å². The molecule has 168 valence electrons. The lowest BCUT2D eigenvalue weighted by Crippen LogP contribution is -2.54. The number of amides is 1. The van der Waals surface area contributed by atoms with Gasteiger partial charge in [0.1, 0.15) is 17.0 Å². The van der Waals surface area contributed by atoms with Gasteiger partial charge in [0, 0.05) is 13.2 Å². The van der Waals surface area contributed by atoms with Crippen molar-refractivity contribution < 1.29 is 37.3 Å². The van der Waals surface area contributed by atoms with E-state index in [4.69, 9.17) is 36.7 Å². The van der Waals surface area contributed by atoms with Gasteiger partial charge in [0.25, 0.3) is 0 Å². The lowest BCUT2D eigenvalue weighted by Gasteiger charge is -2.20. The predicted molar refractivity (Wildman–Crippen MR) is 106 cm³/mol. The van der Waals surface area contributed by atoms with Crippen molar-refractivity contribution in [1.29, 1.82) is 0 Å². The molecule has 7 nitrogen and oxygen atoms in total. The number of halogens is 4. The summed E-state index contributed by atoms with van der Waals surface area (Å²) in [7, 11) is 0. The second-order valence-electron chi connectivity index (χ2n) is 6.62. The fourth-order valence-electron chi connectivity index (χ4n) is 2.45. The molecule has 0 saturated carbocycles. The number of carboxylic acids is 1. The Bertz CT molecular complexity index is 900. The molecule has 0 aromatic heterocycles. The maximum atomic E-state index is 12.1. The minimum Gasteiger partial charge on any atom is -0.475 e. The Morgan fingerprint density at radius 2 is 1.81 bits per heavy atom. The highest BCUT2D eigenvalue weighted by Crippen LogP contribution is 2.28. The van der Waals surface area contributed by atoms with Gasteiger partial charge < -0.3 is 25.6 Å². The number of nitrogens with two attached hydrogens (primary N) is 1. The molecule has 0 radical (unpaired) electrons. The number of para-hydroxylation sites is 1. The Labute approximate surface area is 180 Å². The molecule has 1 aliphatic rings. The Morgan fingerprint density at radius 3 is 2.32 bits per heavy atom. The van der Waals surface area contributed by atoms with Crippen molar-refractivity contribution in [2.45, 2.75) is 24.7 Å². The molecule has 1 saturated heterocycles. The first-order chi connectivity index (χ1) is 14.5. The Kier molecular flexibility index (Phi) is 8.26. The summed E-state index contributed by atoms with van der Waals surface area (Å²) in [6, 6.07) is 14.7. The Balaban J connectivity index is 0.000000423. The summed E-state index contributed by atoms with van der Waals surface area (Å²) >= 11 is 6.07. The van der Waals surface area contributed by atoms with Crippen molar-refractivity contribution in [3.8, 4) is 11.5 Å². The molecule has 0 spiro atoms. The summed E-state index contributed by atoms with van der Waals surface area (Å²) in [6.07, 6.45) is -4.54. The van der Waals surface area contributed by atoms with E-state index in [9.17, 15) is 18.0 Å². The molecule has 4 N–H and O–H groups in total. The molecule has 2 aromatic carbocycles. The van der Waals surface area contributed by atoms with Gasteiger partial charge in [-0.3, -0.25) is 4.79 Å². The van der Waals surface area contributed by atoms with Crippen LogP contribution in [0.1, 0.15) is 12.0 Å². The number of rotatable bonds is 5. The summed E-state index contributed by atoms with van der Waals surface area (Å²) < 4.78 is 42.7. The molecule has 0 aliphatic carbocycles. The summed E-state index contributed by atoms with van der Waals surface area (Å²) in [5.74, 6) is -1.66. The van der Waals surface area contributed by atoms with Crippen LogP contribution in [-0.4, -0.2) is 41.9 Å². The van der Waals surface area contributed by atoms with E-state index < -0.39 is 17.7 Å². The minimum atomic E-state index is -5.08. The third kappa shape index (κ3) is 7.42.